The summed E-state index contributed by atoms with van der Waals surface area (Å²) in [5, 5.41) is 0. The number of carbonyl (C=O) groups is 1. The summed E-state index contributed by atoms with van der Waals surface area (Å²) in [5.74, 6) is 0.875. The molecule has 0 spiro atoms. The first kappa shape index (κ1) is 16.2. The highest BCUT2D eigenvalue weighted by atomic mass is 16.5. The number of aryl methyl sites for hydroxylation is 1. The Kier molecular flexibility index (Phi) is 4.93. The van der Waals surface area contributed by atoms with Crippen LogP contribution in [0.2, 0.25) is 0 Å². The number of hydrogen-bond acceptors (Lipinski definition) is 5. The number of rotatable bonds is 4. The zero-order chi connectivity index (χ0) is 16.9. The molecule has 24 heavy (non-hydrogen) atoms. The third kappa shape index (κ3) is 3.82. The molecule has 0 radical (unpaired) electrons. The Hall–Kier alpha value is -2.63. The maximum Gasteiger partial charge on any atom is 0.253 e. The van der Waals surface area contributed by atoms with Gasteiger partial charge in [-0.15, -0.1) is 0 Å². The number of amides is 1. The van der Waals surface area contributed by atoms with Gasteiger partial charge in [0.1, 0.15) is 6.10 Å². The summed E-state index contributed by atoms with van der Waals surface area (Å²) < 4.78 is 10.9. The number of benzene rings is 1. The summed E-state index contributed by atoms with van der Waals surface area (Å²) in [6.45, 7) is 3.30. The van der Waals surface area contributed by atoms with Crippen LogP contribution in [0.4, 0.5) is 0 Å². The van der Waals surface area contributed by atoms with Crippen molar-refractivity contribution in [3.05, 3.63) is 47.8 Å². The Balaban J connectivity index is 1.65. The van der Waals surface area contributed by atoms with Gasteiger partial charge in [-0.2, -0.15) is 4.98 Å². The van der Waals surface area contributed by atoms with Gasteiger partial charge in [0, 0.05) is 12.1 Å². The fraction of sp³-hybridized carbons (Fsp3) is 0.389. The highest BCUT2D eigenvalue weighted by Crippen LogP contribution is 2.19. The SMILES string of the molecule is COc1cncc(OC2CCCN(C(=O)c3ccc(C)cc3)C2)n1. The van der Waals surface area contributed by atoms with Gasteiger partial charge in [-0.25, -0.2) is 0 Å². The molecule has 1 aliphatic heterocycles. The van der Waals surface area contributed by atoms with E-state index < -0.39 is 0 Å². The molecule has 0 saturated carbocycles. The number of carbonyl (C=O) groups excluding carboxylic acids is 1. The number of methoxy groups -OCH3 is 1. The summed E-state index contributed by atoms with van der Waals surface area (Å²) >= 11 is 0. The third-order valence-corrected chi connectivity index (χ3v) is 4.05. The Morgan fingerprint density at radius 3 is 2.71 bits per heavy atom. The lowest BCUT2D eigenvalue weighted by molar-refractivity contribution is 0.0525. The molecule has 6 nitrogen and oxygen atoms in total. The largest absolute Gasteiger partial charge is 0.480 e. The normalized spacial score (nSPS) is 17.4. The van der Waals surface area contributed by atoms with E-state index in [1.165, 1.54) is 13.3 Å². The van der Waals surface area contributed by atoms with Crippen molar-refractivity contribution in [2.75, 3.05) is 20.2 Å². The van der Waals surface area contributed by atoms with Gasteiger partial charge in [-0.1, -0.05) is 17.7 Å². The molecular weight excluding hydrogens is 306 g/mol. The Labute approximate surface area is 141 Å². The standard InChI is InChI=1S/C18H21N3O3/c1-13-5-7-14(8-6-13)18(22)21-9-3-4-15(12-21)24-17-11-19-10-16(20-17)23-2/h5-8,10-11,15H,3-4,9,12H2,1-2H3. The zero-order valence-electron chi connectivity index (χ0n) is 13.9. The van der Waals surface area contributed by atoms with E-state index in [0.29, 0.717) is 23.9 Å². The lowest BCUT2D eigenvalue weighted by Gasteiger charge is -2.32. The Morgan fingerprint density at radius 1 is 1.21 bits per heavy atom. The van der Waals surface area contributed by atoms with Crippen LogP contribution in [0.1, 0.15) is 28.8 Å². The van der Waals surface area contributed by atoms with Crippen LogP contribution < -0.4 is 9.47 Å². The molecule has 2 aromatic rings. The summed E-state index contributed by atoms with van der Waals surface area (Å²) in [4.78, 5) is 22.7. The first-order valence-electron chi connectivity index (χ1n) is 8.04. The van der Waals surface area contributed by atoms with Crippen LogP contribution in [-0.4, -0.2) is 47.1 Å². The summed E-state index contributed by atoms with van der Waals surface area (Å²) in [6.07, 6.45) is 4.79. The van der Waals surface area contributed by atoms with E-state index in [4.69, 9.17) is 9.47 Å². The van der Waals surface area contributed by atoms with Crippen molar-refractivity contribution in [2.24, 2.45) is 0 Å². The average Bonchev–Trinajstić information content (AvgIpc) is 2.62. The van der Waals surface area contributed by atoms with E-state index in [1.807, 2.05) is 36.1 Å². The topological polar surface area (TPSA) is 64.6 Å². The molecule has 1 fully saturated rings. The summed E-state index contributed by atoms with van der Waals surface area (Å²) in [5.41, 5.74) is 1.85. The van der Waals surface area contributed by atoms with E-state index in [2.05, 4.69) is 9.97 Å². The minimum atomic E-state index is -0.0884. The number of piperidine rings is 1. The van der Waals surface area contributed by atoms with Crippen molar-refractivity contribution in [3.63, 3.8) is 0 Å². The second kappa shape index (κ2) is 7.29. The van der Waals surface area contributed by atoms with Gasteiger partial charge in [0.15, 0.2) is 0 Å². The molecule has 1 amide bonds. The first-order valence-corrected chi connectivity index (χ1v) is 8.04. The third-order valence-electron chi connectivity index (χ3n) is 4.05. The van der Waals surface area contributed by atoms with Crippen molar-refractivity contribution < 1.29 is 14.3 Å². The van der Waals surface area contributed by atoms with Gasteiger partial charge in [0.2, 0.25) is 11.8 Å². The van der Waals surface area contributed by atoms with Crippen LogP contribution >= 0.6 is 0 Å². The summed E-state index contributed by atoms with van der Waals surface area (Å²) in [6, 6.07) is 7.65. The predicted molar refractivity (Wildman–Crippen MR) is 89.3 cm³/mol. The molecule has 1 aromatic carbocycles. The van der Waals surface area contributed by atoms with Crippen LogP contribution in [-0.2, 0) is 0 Å². The molecule has 0 aliphatic carbocycles. The molecule has 1 aliphatic rings. The van der Waals surface area contributed by atoms with Crippen molar-refractivity contribution in [1.82, 2.24) is 14.9 Å². The smallest absolute Gasteiger partial charge is 0.253 e. The monoisotopic (exact) mass is 327 g/mol. The van der Waals surface area contributed by atoms with Crippen molar-refractivity contribution in [2.45, 2.75) is 25.9 Å². The van der Waals surface area contributed by atoms with Crippen molar-refractivity contribution in [3.8, 4) is 11.8 Å². The fourth-order valence-electron chi connectivity index (χ4n) is 2.75. The molecule has 3 rings (SSSR count). The maximum atomic E-state index is 12.6. The Bertz CT molecular complexity index is 703. The van der Waals surface area contributed by atoms with Gasteiger partial charge in [0.25, 0.3) is 5.91 Å². The van der Waals surface area contributed by atoms with Gasteiger partial charge in [-0.05, 0) is 31.9 Å². The number of aromatic nitrogens is 2. The minimum Gasteiger partial charge on any atom is -0.480 e. The molecule has 126 valence electrons. The lowest BCUT2D eigenvalue weighted by Crippen LogP contribution is -2.44. The second-order valence-electron chi connectivity index (χ2n) is 5.90. The molecule has 1 unspecified atom stereocenters. The number of nitrogens with zero attached hydrogens (tertiary/aromatic N) is 3. The van der Waals surface area contributed by atoms with Crippen LogP contribution in [0, 0.1) is 6.92 Å². The van der Waals surface area contributed by atoms with E-state index in [9.17, 15) is 4.79 Å². The number of hydrogen-bond donors (Lipinski definition) is 0. The highest BCUT2D eigenvalue weighted by Gasteiger charge is 2.26. The van der Waals surface area contributed by atoms with Gasteiger partial charge >= 0.3 is 0 Å². The summed E-state index contributed by atoms with van der Waals surface area (Å²) in [7, 11) is 1.54. The molecule has 1 aromatic heterocycles. The van der Waals surface area contributed by atoms with Crippen LogP contribution in [0.5, 0.6) is 11.8 Å². The molecule has 2 heterocycles. The molecule has 0 bridgehead atoms. The van der Waals surface area contributed by atoms with Crippen LogP contribution in [0.15, 0.2) is 36.7 Å². The van der Waals surface area contributed by atoms with E-state index in [0.717, 1.165) is 24.9 Å². The molecular formula is C18H21N3O3. The Morgan fingerprint density at radius 2 is 1.96 bits per heavy atom. The molecule has 6 heteroatoms. The maximum absolute atomic E-state index is 12.6. The molecule has 1 atom stereocenters. The molecule has 0 N–H and O–H groups in total. The van der Waals surface area contributed by atoms with Gasteiger partial charge in [-0.3, -0.25) is 9.78 Å². The first-order chi connectivity index (χ1) is 11.7. The quantitative estimate of drug-likeness (QED) is 0.863. The van der Waals surface area contributed by atoms with E-state index in [1.54, 1.807) is 6.20 Å². The fourth-order valence-corrected chi connectivity index (χ4v) is 2.75. The van der Waals surface area contributed by atoms with Gasteiger partial charge < -0.3 is 14.4 Å². The van der Waals surface area contributed by atoms with Crippen molar-refractivity contribution >= 4 is 5.91 Å². The molecule has 1 saturated heterocycles. The average molecular weight is 327 g/mol. The number of likely N-dealkylation sites (tertiary alicyclic amines) is 1. The van der Waals surface area contributed by atoms with Crippen molar-refractivity contribution in [1.29, 1.82) is 0 Å². The zero-order valence-corrected chi connectivity index (χ0v) is 13.9. The van der Waals surface area contributed by atoms with E-state index in [-0.39, 0.29) is 12.0 Å². The number of ether oxygens (including phenoxy) is 2. The van der Waals surface area contributed by atoms with Crippen LogP contribution in [0.25, 0.3) is 0 Å². The predicted octanol–water partition coefficient (Wildman–Crippen LogP) is 2.48. The minimum absolute atomic E-state index is 0.0417. The van der Waals surface area contributed by atoms with Crippen LogP contribution in [0.3, 0.4) is 0 Å². The highest BCUT2D eigenvalue weighted by molar-refractivity contribution is 5.94. The lowest BCUT2D eigenvalue weighted by atomic mass is 10.1. The van der Waals surface area contributed by atoms with E-state index >= 15 is 0 Å². The second-order valence-corrected chi connectivity index (χ2v) is 5.90. The van der Waals surface area contributed by atoms with Gasteiger partial charge in [0.05, 0.1) is 26.0 Å².